The van der Waals surface area contributed by atoms with Crippen molar-refractivity contribution in [1.82, 2.24) is 9.80 Å². The highest BCUT2D eigenvalue weighted by atomic mass is 16.3. The van der Waals surface area contributed by atoms with Crippen molar-refractivity contribution in [3.63, 3.8) is 0 Å². The lowest BCUT2D eigenvalue weighted by atomic mass is 9.83. The number of hydrogen-bond acceptors (Lipinski definition) is 3. The minimum Gasteiger partial charge on any atom is -0.392 e. The summed E-state index contributed by atoms with van der Waals surface area (Å²) in [6.45, 7) is 7.03. The first kappa shape index (κ1) is 14.3. The molecular formula is C16H28N2O2. The molecular weight excluding hydrogens is 252 g/mol. The number of hydrogen-bond donors (Lipinski definition) is 1. The monoisotopic (exact) mass is 280 g/mol. The van der Waals surface area contributed by atoms with E-state index < -0.39 is 0 Å². The molecule has 4 nitrogen and oxygen atoms in total. The average Bonchev–Trinajstić information content (AvgIpc) is 3.23. The lowest BCUT2D eigenvalue weighted by Crippen LogP contribution is -2.57. The number of piperidine rings is 2. The fourth-order valence-corrected chi connectivity index (χ4v) is 3.84. The molecule has 3 atom stereocenters. The second-order valence-electron chi connectivity index (χ2n) is 7.26. The maximum absolute atomic E-state index is 12.2. The minimum absolute atomic E-state index is 0.226. The molecule has 0 aromatic rings. The third-order valence-corrected chi connectivity index (χ3v) is 5.31. The largest absolute Gasteiger partial charge is 0.392 e. The van der Waals surface area contributed by atoms with Gasteiger partial charge in [0.15, 0.2) is 0 Å². The Labute approximate surface area is 122 Å². The van der Waals surface area contributed by atoms with Crippen molar-refractivity contribution in [2.45, 2.75) is 64.1 Å². The number of aliphatic hydroxyl groups is 1. The molecule has 0 aromatic heterocycles. The number of carbonyl (C=O) groups excluding carboxylic acids is 1. The zero-order chi connectivity index (χ0) is 14.3. The molecule has 1 aliphatic carbocycles. The first-order chi connectivity index (χ1) is 9.56. The molecule has 1 saturated carbocycles. The van der Waals surface area contributed by atoms with Crippen LogP contribution in [-0.2, 0) is 4.79 Å². The third-order valence-electron chi connectivity index (χ3n) is 5.31. The number of rotatable bonds is 4. The van der Waals surface area contributed by atoms with Crippen molar-refractivity contribution in [3.8, 4) is 0 Å². The second-order valence-corrected chi connectivity index (χ2v) is 7.26. The van der Waals surface area contributed by atoms with Crippen LogP contribution >= 0.6 is 0 Å². The summed E-state index contributed by atoms with van der Waals surface area (Å²) in [5.74, 6) is 1.34. The first-order valence-electron chi connectivity index (χ1n) is 8.28. The van der Waals surface area contributed by atoms with E-state index in [4.69, 9.17) is 0 Å². The van der Waals surface area contributed by atoms with Gasteiger partial charge in [-0.25, -0.2) is 0 Å². The number of amides is 1. The van der Waals surface area contributed by atoms with E-state index in [2.05, 4.69) is 23.6 Å². The molecule has 3 fully saturated rings. The summed E-state index contributed by atoms with van der Waals surface area (Å²) in [5, 5.41) is 10.1. The summed E-state index contributed by atoms with van der Waals surface area (Å²) in [7, 11) is 0. The molecule has 3 aliphatic rings. The van der Waals surface area contributed by atoms with E-state index in [1.54, 1.807) is 0 Å². The van der Waals surface area contributed by atoms with E-state index >= 15 is 0 Å². The fraction of sp³-hybridized carbons (Fsp3) is 0.938. The van der Waals surface area contributed by atoms with E-state index in [0.29, 0.717) is 29.8 Å². The van der Waals surface area contributed by atoms with Crippen LogP contribution in [0.1, 0.15) is 46.0 Å². The quantitative estimate of drug-likeness (QED) is 0.848. The van der Waals surface area contributed by atoms with Gasteiger partial charge >= 0.3 is 0 Å². The minimum atomic E-state index is -0.226. The maximum Gasteiger partial charge on any atom is 0.223 e. The fourth-order valence-electron chi connectivity index (χ4n) is 3.84. The molecule has 1 amide bonds. The summed E-state index contributed by atoms with van der Waals surface area (Å²) >= 11 is 0. The van der Waals surface area contributed by atoms with Gasteiger partial charge in [0.1, 0.15) is 0 Å². The molecule has 2 heterocycles. The predicted molar refractivity (Wildman–Crippen MR) is 78.3 cm³/mol. The van der Waals surface area contributed by atoms with Gasteiger partial charge in [0.25, 0.3) is 0 Å². The van der Waals surface area contributed by atoms with E-state index in [-0.39, 0.29) is 6.10 Å². The number of likely N-dealkylation sites (tertiary alicyclic amines) is 2. The molecule has 114 valence electrons. The van der Waals surface area contributed by atoms with E-state index in [1.165, 1.54) is 12.8 Å². The van der Waals surface area contributed by atoms with Crippen LogP contribution < -0.4 is 0 Å². The summed E-state index contributed by atoms with van der Waals surface area (Å²) in [6, 6.07) is 1.04. The lowest BCUT2D eigenvalue weighted by Gasteiger charge is -2.47. The number of β-amino-alcohol motifs (C(OH)–C–C–N with tert-alkyl or cyclic N) is 1. The molecule has 0 aromatic carbocycles. The molecule has 0 spiro atoms. The Kier molecular flexibility index (Phi) is 4.04. The number of fused-ring (bicyclic) bond motifs is 1. The number of carbonyl (C=O) groups is 1. The summed E-state index contributed by atoms with van der Waals surface area (Å²) in [6.07, 6.45) is 5.07. The van der Waals surface area contributed by atoms with E-state index in [9.17, 15) is 9.90 Å². The van der Waals surface area contributed by atoms with Crippen molar-refractivity contribution in [1.29, 1.82) is 0 Å². The van der Waals surface area contributed by atoms with Crippen LogP contribution in [0.2, 0.25) is 0 Å². The van der Waals surface area contributed by atoms with Gasteiger partial charge in [-0.1, -0.05) is 13.8 Å². The zero-order valence-corrected chi connectivity index (χ0v) is 12.8. The molecule has 2 saturated heterocycles. The van der Waals surface area contributed by atoms with Crippen LogP contribution in [0.3, 0.4) is 0 Å². The van der Waals surface area contributed by atoms with Gasteiger partial charge in [-0.3, -0.25) is 4.79 Å². The highest BCUT2D eigenvalue weighted by Crippen LogP contribution is 2.38. The van der Waals surface area contributed by atoms with Crippen LogP contribution in [0, 0.1) is 11.8 Å². The zero-order valence-electron chi connectivity index (χ0n) is 12.8. The normalized spacial score (nSPS) is 33.4. The molecule has 0 bridgehead atoms. The van der Waals surface area contributed by atoms with Gasteiger partial charge in [0, 0.05) is 38.1 Å². The molecule has 4 heteroatoms. The van der Waals surface area contributed by atoms with Crippen LogP contribution in [0.15, 0.2) is 0 Å². The van der Waals surface area contributed by atoms with Crippen LogP contribution in [0.4, 0.5) is 0 Å². The molecule has 3 unspecified atom stereocenters. The third kappa shape index (κ3) is 2.86. The van der Waals surface area contributed by atoms with E-state index in [1.807, 2.05) is 0 Å². The standard InChI is InChI=1S/C16H28N2O2/c1-11(2)15(19)10-17-8-7-14-12(9-17)3-6-16(20)18(14)13-4-5-13/h11-15,19H,3-10H2,1-2H3. The summed E-state index contributed by atoms with van der Waals surface area (Å²) < 4.78 is 0. The van der Waals surface area contributed by atoms with Crippen LogP contribution in [0.5, 0.6) is 0 Å². The Balaban J connectivity index is 1.60. The SMILES string of the molecule is CC(C)C(O)CN1CCC2C(CCC(=O)N2C2CC2)C1. The smallest absolute Gasteiger partial charge is 0.223 e. The average molecular weight is 280 g/mol. The van der Waals surface area contributed by atoms with Gasteiger partial charge < -0.3 is 14.9 Å². The van der Waals surface area contributed by atoms with E-state index in [0.717, 1.165) is 38.9 Å². The summed E-state index contributed by atoms with van der Waals surface area (Å²) in [4.78, 5) is 16.8. The number of nitrogens with zero attached hydrogens (tertiary/aromatic N) is 2. The van der Waals surface area contributed by atoms with Crippen molar-refractivity contribution < 1.29 is 9.90 Å². The van der Waals surface area contributed by atoms with Crippen molar-refractivity contribution >= 4 is 5.91 Å². The lowest BCUT2D eigenvalue weighted by molar-refractivity contribution is -0.142. The van der Waals surface area contributed by atoms with Crippen LogP contribution in [0.25, 0.3) is 0 Å². The first-order valence-corrected chi connectivity index (χ1v) is 8.28. The topological polar surface area (TPSA) is 43.8 Å². The van der Waals surface area contributed by atoms with Gasteiger partial charge in [-0.2, -0.15) is 0 Å². The maximum atomic E-state index is 12.2. The van der Waals surface area contributed by atoms with Gasteiger partial charge in [-0.05, 0) is 37.5 Å². The Morgan fingerprint density at radius 3 is 2.65 bits per heavy atom. The van der Waals surface area contributed by atoms with Gasteiger partial charge in [0.2, 0.25) is 5.91 Å². The highest BCUT2D eigenvalue weighted by molar-refractivity contribution is 5.78. The second kappa shape index (κ2) is 5.64. The van der Waals surface area contributed by atoms with Crippen LogP contribution in [-0.4, -0.2) is 58.6 Å². The highest BCUT2D eigenvalue weighted by Gasteiger charge is 2.45. The Bertz CT molecular complexity index is 367. The van der Waals surface area contributed by atoms with Gasteiger partial charge in [-0.15, -0.1) is 0 Å². The molecule has 2 aliphatic heterocycles. The predicted octanol–water partition coefficient (Wildman–Crippen LogP) is 1.48. The van der Waals surface area contributed by atoms with Gasteiger partial charge in [0.05, 0.1) is 6.10 Å². The molecule has 3 rings (SSSR count). The van der Waals surface area contributed by atoms with Crippen molar-refractivity contribution in [3.05, 3.63) is 0 Å². The Morgan fingerprint density at radius 1 is 1.25 bits per heavy atom. The number of aliphatic hydroxyl groups excluding tert-OH is 1. The van der Waals surface area contributed by atoms with Crippen molar-refractivity contribution in [2.24, 2.45) is 11.8 Å². The Morgan fingerprint density at radius 2 is 2.00 bits per heavy atom. The molecule has 20 heavy (non-hydrogen) atoms. The molecule has 0 radical (unpaired) electrons. The Hall–Kier alpha value is -0.610. The molecule has 1 N–H and O–H groups in total. The summed E-state index contributed by atoms with van der Waals surface area (Å²) in [5.41, 5.74) is 0. The van der Waals surface area contributed by atoms with Crippen molar-refractivity contribution in [2.75, 3.05) is 19.6 Å².